The molecule has 1 fully saturated rings. The van der Waals surface area contributed by atoms with Gasteiger partial charge in [-0.05, 0) is 49.9 Å². The molecule has 1 aromatic carbocycles. The second kappa shape index (κ2) is 10.2. The molecule has 1 aliphatic rings. The van der Waals surface area contributed by atoms with Gasteiger partial charge in [0.1, 0.15) is 21.4 Å². The summed E-state index contributed by atoms with van der Waals surface area (Å²) in [6.07, 6.45) is 1.72. The number of thiophene rings is 1. The van der Waals surface area contributed by atoms with Gasteiger partial charge >= 0.3 is 0 Å². The number of thiazole rings is 1. The molecule has 9 nitrogen and oxygen atoms in total. The first-order valence-electron chi connectivity index (χ1n) is 12.2. The number of aryl methyl sites for hydroxylation is 1. The van der Waals surface area contributed by atoms with Crippen LogP contribution in [-0.4, -0.2) is 76.2 Å². The van der Waals surface area contributed by atoms with Crippen LogP contribution in [0.5, 0.6) is 17.4 Å². The number of ether oxygens (including phenoxy) is 2. The molecule has 38 heavy (non-hydrogen) atoms. The van der Waals surface area contributed by atoms with Crippen molar-refractivity contribution in [3.63, 3.8) is 0 Å². The number of fused-ring (bicyclic) bond motifs is 1. The van der Waals surface area contributed by atoms with Gasteiger partial charge in [0.05, 0.1) is 33.6 Å². The first-order chi connectivity index (χ1) is 18.5. The van der Waals surface area contributed by atoms with Crippen LogP contribution >= 0.6 is 22.7 Å². The molecule has 4 aromatic heterocycles. The zero-order valence-corrected chi connectivity index (χ0v) is 22.9. The predicted molar refractivity (Wildman–Crippen MR) is 150 cm³/mol. The van der Waals surface area contributed by atoms with Crippen molar-refractivity contribution in [2.45, 2.75) is 6.92 Å². The van der Waals surface area contributed by atoms with E-state index in [9.17, 15) is 4.79 Å². The maximum absolute atomic E-state index is 13.2. The van der Waals surface area contributed by atoms with Gasteiger partial charge in [-0.2, -0.15) is 0 Å². The fraction of sp³-hybridized carbons (Fsp3) is 0.259. The van der Waals surface area contributed by atoms with Crippen LogP contribution in [0.25, 0.3) is 31.4 Å². The molecular formula is C27H26N6O3S2. The summed E-state index contributed by atoms with van der Waals surface area (Å²) in [6.45, 7) is 5.16. The third-order valence-electron chi connectivity index (χ3n) is 6.54. The third kappa shape index (κ3) is 4.75. The van der Waals surface area contributed by atoms with Crippen LogP contribution in [0.2, 0.25) is 0 Å². The van der Waals surface area contributed by atoms with E-state index in [1.807, 2.05) is 54.3 Å². The number of carbonyl (C=O) groups excluding carboxylic acids is 1. The number of rotatable bonds is 6. The van der Waals surface area contributed by atoms with Crippen molar-refractivity contribution in [2.75, 3.05) is 40.3 Å². The van der Waals surface area contributed by atoms with Crippen molar-refractivity contribution in [1.29, 1.82) is 0 Å². The first-order valence-corrected chi connectivity index (χ1v) is 13.8. The molecule has 0 aliphatic carbocycles. The van der Waals surface area contributed by atoms with Crippen LogP contribution in [0.15, 0.2) is 48.7 Å². The second-order valence-electron chi connectivity index (χ2n) is 9.11. The van der Waals surface area contributed by atoms with E-state index in [1.54, 1.807) is 24.6 Å². The number of piperazine rings is 1. The second-order valence-corrected chi connectivity index (χ2v) is 11.2. The highest BCUT2D eigenvalue weighted by atomic mass is 32.1. The number of aromatic amines is 1. The Balaban J connectivity index is 1.24. The maximum Gasteiger partial charge on any atom is 0.265 e. The molecule has 6 rings (SSSR count). The van der Waals surface area contributed by atoms with Gasteiger partial charge in [0, 0.05) is 44.5 Å². The zero-order valence-electron chi connectivity index (χ0n) is 21.2. The van der Waals surface area contributed by atoms with Crippen molar-refractivity contribution >= 4 is 38.8 Å². The number of methoxy groups -OCH3 is 1. The van der Waals surface area contributed by atoms with E-state index in [2.05, 4.69) is 27.1 Å². The zero-order chi connectivity index (χ0) is 26.2. The average Bonchev–Trinajstić information content (AvgIpc) is 3.67. The Morgan fingerprint density at radius 2 is 1.84 bits per heavy atom. The average molecular weight is 547 g/mol. The molecule has 1 amide bonds. The SMILES string of the molecule is COc1ccc(-c2cc(Oc3ccnc4cc(-c5nc(C)c(C(=O)N6CCN(C)CC6)s5)sc34)n[nH]2)cc1. The van der Waals surface area contributed by atoms with E-state index < -0.39 is 0 Å². The fourth-order valence-corrected chi connectivity index (χ4v) is 6.49. The Hall–Kier alpha value is -3.80. The summed E-state index contributed by atoms with van der Waals surface area (Å²) in [5.41, 5.74) is 3.40. The van der Waals surface area contributed by atoms with Crippen LogP contribution in [0, 0.1) is 6.92 Å². The fourth-order valence-electron chi connectivity index (χ4n) is 4.34. The monoisotopic (exact) mass is 546 g/mol. The number of hydrogen-bond acceptors (Lipinski definition) is 9. The molecule has 0 unspecified atom stereocenters. The van der Waals surface area contributed by atoms with Gasteiger partial charge in [0.15, 0.2) is 0 Å². The topological polar surface area (TPSA) is 96.5 Å². The summed E-state index contributed by atoms with van der Waals surface area (Å²) in [6, 6.07) is 13.4. The summed E-state index contributed by atoms with van der Waals surface area (Å²) in [5, 5.41) is 8.18. The highest BCUT2D eigenvalue weighted by Gasteiger charge is 2.25. The van der Waals surface area contributed by atoms with Gasteiger partial charge in [-0.15, -0.1) is 27.8 Å². The first kappa shape index (κ1) is 24.5. The van der Waals surface area contributed by atoms with E-state index in [-0.39, 0.29) is 5.91 Å². The number of nitrogens with one attached hydrogen (secondary N) is 1. The summed E-state index contributed by atoms with van der Waals surface area (Å²) in [5.74, 6) is 1.99. The maximum atomic E-state index is 13.2. The standard InChI is InChI=1S/C27H26N6O3S2/c1-16-24(27(34)33-12-10-32(2)11-13-33)38-26(29-16)22-14-20-25(37-22)21(8-9-28-20)36-23-15-19(30-31-23)17-4-6-18(35-3)7-5-17/h4-9,14-15H,10-13H2,1-3H3,(H,30,31). The van der Waals surface area contributed by atoms with E-state index in [1.165, 1.54) is 11.3 Å². The summed E-state index contributed by atoms with van der Waals surface area (Å²) in [7, 11) is 3.72. The van der Waals surface area contributed by atoms with E-state index in [4.69, 9.17) is 14.5 Å². The van der Waals surface area contributed by atoms with Gasteiger partial charge in [0.2, 0.25) is 5.88 Å². The minimum absolute atomic E-state index is 0.0637. The lowest BCUT2D eigenvalue weighted by Crippen LogP contribution is -2.47. The molecular weight excluding hydrogens is 520 g/mol. The molecule has 0 saturated carbocycles. The Labute approximate surface area is 227 Å². The molecule has 5 heterocycles. The van der Waals surface area contributed by atoms with E-state index in [0.717, 1.165) is 69.0 Å². The number of hydrogen-bond donors (Lipinski definition) is 1. The highest BCUT2D eigenvalue weighted by molar-refractivity contribution is 7.26. The van der Waals surface area contributed by atoms with E-state index in [0.29, 0.717) is 16.5 Å². The smallest absolute Gasteiger partial charge is 0.265 e. The number of nitrogens with zero attached hydrogens (tertiary/aromatic N) is 5. The van der Waals surface area contributed by atoms with Gasteiger partial charge in [-0.3, -0.25) is 14.9 Å². The Morgan fingerprint density at radius 1 is 1.05 bits per heavy atom. The lowest BCUT2D eigenvalue weighted by Gasteiger charge is -2.32. The predicted octanol–water partition coefficient (Wildman–Crippen LogP) is 5.31. The van der Waals surface area contributed by atoms with Crippen molar-refractivity contribution in [1.82, 2.24) is 30.0 Å². The minimum Gasteiger partial charge on any atom is -0.497 e. The van der Waals surface area contributed by atoms with Crippen molar-refractivity contribution in [3.05, 3.63) is 59.2 Å². The molecule has 1 saturated heterocycles. The van der Waals surface area contributed by atoms with Crippen LogP contribution in [-0.2, 0) is 0 Å². The van der Waals surface area contributed by atoms with Crippen molar-refractivity contribution < 1.29 is 14.3 Å². The number of H-pyrrole nitrogens is 1. The number of likely N-dealkylation sites (N-methyl/N-ethyl adjacent to an activating group) is 1. The van der Waals surface area contributed by atoms with Crippen molar-refractivity contribution in [3.8, 4) is 38.5 Å². The van der Waals surface area contributed by atoms with Crippen LogP contribution in [0.3, 0.4) is 0 Å². The number of pyridine rings is 1. The van der Waals surface area contributed by atoms with Gasteiger partial charge in [0.25, 0.3) is 5.91 Å². The summed E-state index contributed by atoms with van der Waals surface area (Å²) in [4.78, 5) is 28.3. The number of amides is 1. The third-order valence-corrected chi connectivity index (χ3v) is 8.99. The molecule has 11 heteroatoms. The van der Waals surface area contributed by atoms with Gasteiger partial charge in [-0.25, -0.2) is 4.98 Å². The summed E-state index contributed by atoms with van der Waals surface area (Å²) >= 11 is 2.99. The Kier molecular flexibility index (Phi) is 6.56. The summed E-state index contributed by atoms with van der Waals surface area (Å²) < 4.78 is 12.3. The minimum atomic E-state index is 0.0637. The molecule has 1 N–H and O–H groups in total. The van der Waals surface area contributed by atoms with Crippen LogP contribution < -0.4 is 9.47 Å². The van der Waals surface area contributed by atoms with E-state index >= 15 is 0 Å². The Bertz CT molecular complexity index is 1600. The molecule has 1 aliphatic heterocycles. The molecule has 0 spiro atoms. The number of aromatic nitrogens is 4. The molecule has 0 bridgehead atoms. The number of carbonyl (C=O) groups is 1. The van der Waals surface area contributed by atoms with Gasteiger partial charge < -0.3 is 19.3 Å². The quantitative estimate of drug-likeness (QED) is 0.308. The van der Waals surface area contributed by atoms with Crippen LogP contribution in [0.1, 0.15) is 15.4 Å². The molecule has 194 valence electrons. The highest BCUT2D eigenvalue weighted by Crippen LogP contribution is 2.41. The molecule has 0 radical (unpaired) electrons. The largest absolute Gasteiger partial charge is 0.497 e. The Morgan fingerprint density at radius 3 is 2.61 bits per heavy atom. The van der Waals surface area contributed by atoms with Crippen molar-refractivity contribution in [2.24, 2.45) is 0 Å². The van der Waals surface area contributed by atoms with Crippen LogP contribution in [0.4, 0.5) is 0 Å². The van der Waals surface area contributed by atoms with Gasteiger partial charge in [-0.1, -0.05) is 0 Å². The normalized spacial score (nSPS) is 14.2. The lowest BCUT2D eigenvalue weighted by atomic mass is 10.1. The molecule has 5 aromatic rings. The lowest BCUT2D eigenvalue weighted by molar-refractivity contribution is 0.0668. The number of benzene rings is 1. The molecule has 0 atom stereocenters.